The van der Waals surface area contributed by atoms with E-state index in [1.165, 1.54) is 6.33 Å². The van der Waals surface area contributed by atoms with Gasteiger partial charge in [0.05, 0.1) is 12.3 Å². The first-order valence-electron chi connectivity index (χ1n) is 6.05. The van der Waals surface area contributed by atoms with Gasteiger partial charge in [-0.2, -0.15) is 5.10 Å². The molecule has 2 rings (SSSR count). The number of ether oxygens (including phenoxy) is 1. The Balaban J connectivity index is 2.09. The molecule has 0 aliphatic heterocycles. The van der Waals surface area contributed by atoms with E-state index in [4.69, 9.17) is 4.74 Å². The number of hydrogen-bond acceptors (Lipinski definition) is 4. The molecular formula is C13H16N4O2. The Morgan fingerprint density at radius 3 is 2.89 bits per heavy atom. The molecule has 0 atom stereocenters. The zero-order valence-electron chi connectivity index (χ0n) is 10.9. The summed E-state index contributed by atoms with van der Waals surface area (Å²) in [7, 11) is 0. The Labute approximate surface area is 111 Å². The van der Waals surface area contributed by atoms with Crippen LogP contribution in [0.3, 0.4) is 0 Å². The molecule has 100 valence electrons. The number of rotatable bonds is 5. The van der Waals surface area contributed by atoms with Crippen molar-refractivity contribution in [3.63, 3.8) is 0 Å². The quantitative estimate of drug-likeness (QED) is 0.862. The van der Waals surface area contributed by atoms with Crippen molar-refractivity contribution in [1.82, 2.24) is 15.2 Å². The van der Waals surface area contributed by atoms with Crippen molar-refractivity contribution in [1.29, 1.82) is 0 Å². The third kappa shape index (κ3) is 3.54. The first-order valence-corrected chi connectivity index (χ1v) is 6.05. The van der Waals surface area contributed by atoms with Gasteiger partial charge < -0.3 is 10.1 Å². The van der Waals surface area contributed by atoms with Crippen LogP contribution >= 0.6 is 0 Å². The van der Waals surface area contributed by atoms with E-state index in [-0.39, 0.29) is 11.7 Å². The van der Waals surface area contributed by atoms with E-state index >= 15 is 0 Å². The normalized spacial score (nSPS) is 10.5. The predicted molar refractivity (Wildman–Crippen MR) is 71.1 cm³/mol. The maximum atomic E-state index is 11.9. The molecule has 19 heavy (non-hydrogen) atoms. The molecule has 6 heteroatoms. The van der Waals surface area contributed by atoms with Crippen LogP contribution in [0.5, 0.6) is 5.75 Å². The molecule has 0 fully saturated rings. The van der Waals surface area contributed by atoms with E-state index in [0.29, 0.717) is 24.0 Å². The molecule has 6 nitrogen and oxygen atoms in total. The Hall–Kier alpha value is -2.37. The predicted octanol–water partition coefficient (Wildman–Crippen LogP) is 2.09. The van der Waals surface area contributed by atoms with Gasteiger partial charge in [-0.15, -0.1) is 0 Å². The third-order valence-corrected chi connectivity index (χ3v) is 2.34. The lowest BCUT2D eigenvalue weighted by molar-refractivity contribution is 0.101. The highest BCUT2D eigenvalue weighted by Crippen LogP contribution is 2.24. The fraction of sp³-hybridized carbons (Fsp3) is 0.308. The van der Waals surface area contributed by atoms with Gasteiger partial charge in [-0.3, -0.25) is 9.89 Å². The lowest BCUT2D eigenvalue weighted by Crippen LogP contribution is -2.15. The SMILES string of the molecule is CC(C)COc1ccccc1NC(=O)c1ncn[nH]1. The minimum absolute atomic E-state index is 0.165. The fourth-order valence-electron chi connectivity index (χ4n) is 1.45. The van der Waals surface area contributed by atoms with E-state index < -0.39 is 0 Å². The molecule has 0 aliphatic rings. The second kappa shape index (κ2) is 5.99. The molecule has 2 N–H and O–H groups in total. The number of aromatic amines is 1. The Bertz CT molecular complexity index is 537. The highest BCUT2D eigenvalue weighted by molar-refractivity contribution is 6.02. The third-order valence-electron chi connectivity index (χ3n) is 2.34. The lowest BCUT2D eigenvalue weighted by Gasteiger charge is -2.13. The summed E-state index contributed by atoms with van der Waals surface area (Å²) in [5, 5.41) is 8.89. The van der Waals surface area contributed by atoms with Gasteiger partial charge >= 0.3 is 0 Å². The number of nitrogens with zero attached hydrogens (tertiary/aromatic N) is 2. The molecule has 0 radical (unpaired) electrons. The van der Waals surface area contributed by atoms with E-state index in [0.717, 1.165) is 0 Å². The molecule has 2 aromatic rings. The number of carbonyl (C=O) groups excluding carboxylic acids is 1. The van der Waals surface area contributed by atoms with Gasteiger partial charge in [0.25, 0.3) is 5.91 Å². The highest BCUT2D eigenvalue weighted by Gasteiger charge is 2.12. The standard InChI is InChI=1S/C13H16N4O2/c1-9(2)7-19-11-6-4-3-5-10(11)16-13(18)12-14-8-15-17-12/h3-6,8-9H,7H2,1-2H3,(H,16,18)(H,14,15,17). The van der Waals surface area contributed by atoms with Crippen molar-refractivity contribution in [2.75, 3.05) is 11.9 Å². The first-order chi connectivity index (χ1) is 9.16. The summed E-state index contributed by atoms with van der Waals surface area (Å²) < 4.78 is 5.66. The summed E-state index contributed by atoms with van der Waals surface area (Å²) in [6.07, 6.45) is 1.29. The average molecular weight is 260 g/mol. The minimum atomic E-state index is -0.349. The Morgan fingerprint density at radius 2 is 2.21 bits per heavy atom. The number of benzene rings is 1. The zero-order chi connectivity index (χ0) is 13.7. The van der Waals surface area contributed by atoms with Crippen molar-refractivity contribution >= 4 is 11.6 Å². The van der Waals surface area contributed by atoms with Crippen LogP contribution in [0.4, 0.5) is 5.69 Å². The lowest BCUT2D eigenvalue weighted by atomic mass is 10.2. The van der Waals surface area contributed by atoms with Crippen LogP contribution in [-0.2, 0) is 0 Å². The van der Waals surface area contributed by atoms with Crippen LogP contribution in [0.1, 0.15) is 24.5 Å². The van der Waals surface area contributed by atoms with Gasteiger partial charge in [0, 0.05) is 0 Å². The van der Waals surface area contributed by atoms with E-state index in [9.17, 15) is 4.79 Å². The van der Waals surface area contributed by atoms with Crippen LogP contribution in [0, 0.1) is 5.92 Å². The molecule has 1 aromatic heterocycles. The Morgan fingerprint density at radius 1 is 1.42 bits per heavy atom. The van der Waals surface area contributed by atoms with Crippen molar-refractivity contribution in [3.05, 3.63) is 36.4 Å². The van der Waals surface area contributed by atoms with E-state index in [2.05, 4.69) is 34.3 Å². The van der Waals surface area contributed by atoms with E-state index in [1.54, 1.807) is 6.07 Å². The molecule has 1 heterocycles. The number of H-pyrrole nitrogens is 1. The average Bonchev–Trinajstić information content (AvgIpc) is 2.91. The van der Waals surface area contributed by atoms with Crippen molar-refractivity contribution in [2.24, 2.45) is 5.92 Å². The summed E-state index contributed by atoms with van der Waals surface area (Å²) >= 11 is 0. The van der Waals surface area contributed by atoms with Gasteiger partial charge in [-0.05, 0) is 18.1 Å². The maximum absolute atomic E-state index is 11.9. The molecule has 1 aromatic carbocycles. The number of nitrogens with one attached hydrogen (secondary N) is 2. The molecule has 0 saturated carbocycles. The molecule has 0 unspecified atom stereocenters. The van der Waals surface area contributed by atoms with Crippen molar-refractivity contribution < 1.29 is 9.53 Å². The van der Waals surface area contributed by atoms with Gasteiger partial charge in [0.1, 0.15) is 12.1 Å². The van der Waals surface area contributed by atoms with E-state index in [1.807, 2.05) is 18.2 Å². The monoisotopic (exact) mass is 260 g/mol. The van der Waals surface area contributed by atoms with Crippen molar-refractivity contribution in [3.8, 4) is 5.75 Å². The largest absolute Gasteiger partial charge is 0.491 e. The number of anilines is 1. The van der Waals surface area contributed by atoms with Crippen LogP contribution in [0.15, 0.2) is 30.6 Å². The van der Waals surface area contributed by atoms with Crippen LogP contribution in [0.25, 0.3) is 0 Å². The highest BCUT2D eigenvalue weighted by atomic mass is 16.5. The maximum Gasteiger partial charge on any atom is 0.293 e. The summed E-state index contributed by atoms with van der Waals surface area (Å²) in [6.45, 7) is 4.72. The smallest absolute Gasteiger partial charge is 0.293 e. The molecule has 0 spiro atoms. The summed E-state index contributed by atoms with van der Waals surface area (Å²) in [5.41, 5.74) is 0.615. The second-order valence-corrected chi connectivity index (χ2v) is 4.49. The summed E-state index contributed by atoms with van der Waals surface area (Å²) in [6, 6.07) is 7.29. The number of carbonyl (C=O) groups is 1. The second-order valence-electron chi connectivity index (χ2n) is 4.49. The first kappa shape index (κ1) is 13.1. The molecule has 0 aliphatic carbocycles. The molecule has 1 amide bonds. The van der Waals surface area contributed by atoms with Crippen molar-refractivity contribution in [2.45, 2.75) is 13.8 Å². The Kier molecular flexibility index (Phi) is 4.12. The van der Waals surface area contributed by atoms with Crippen LogP contribution in [0.2, 0.25) is 0 Å². The van der Waals surface area contributed by atoms with Crippen LogP contribution < -0.4 is 10.1 Å². The van der Waals surface area contributed by atoms with Gasteiger partial charge in [-0.1, -0.05) is 26.0 Å². The summed E-state index contributed by atoms with van der Waals surface area (Å²) in [4.78, 5) is 15.7. The number of para-hydroxylation sites is 2. The van der Waals surface area contributed by atoms with Gasteiger partial charge in [0.15, 0.2) is 0 Å². The summed E-state index contributed by atoms with van der Waals surface area (Å²) in [5.74, 6) is 0.874. The zero-order valence-corrected chi connectivity index (χ0v) is 10.9. The van der Waals surface area contributed by atoms with Crippen LogP contribution in [-0.4, -0.2) is 27.7 Å². The topological polar surface area (TPSA) is 79.9 Å². The number of hydrogen-bond donors (Lipinski definition) is 2. The van der Waals surface area contributed by atoms with Gasteiger partial charge in [0.2, 0.25) is 5.82 Å². The molecular weight excluding hydrogens is 244 g/mol. The fourth-order valence-corrected chi connectivity index (χ4v) is 1.45. The number of aromatic nitrogens is 3. The molecule has 0 saturated heterocycles. The molecule has 0 bridgehead atoms. The van der Waals surface area contributed by atoms with Gasteiger partial charge in [-0.25, -0.2) is 4.98 Å². The minimum Gasteiger partial charge on any atom is -0.491 e. The number of amides is 1.